The van der Waals surface area contributed by atoms with Crippen molar-refractivity contribution in [2.24, 2.45) is 0 Å². The van der Waals surface area contributed by atoms with Crippen LogP contribution >= 0.6 is 18.9 Å². The lowest BCUT2D eigenvalue weighted by Gasteiger charge is -2.22. The lowest BCUT2D eigenvalue weighted by molar-refractivity contribution is 0.142. The van der Waals surface area contributed by atoms with Crippen LogP contribution in [0.4, 0.5) is 0 Å². The quantitative estimate of drug-likeness (QED) is 0.371. The number of benzene rings is 2. The van der Waals surface area contributed by atoms with Gasteiger partial charge in [-0.3, -0.25) is 4.57 Å². The van der Waals surface area contributed by atoms with Crippen LogP contribution in [0.1, 0.15) is 32.6 Å². The van der Waals surface area contributed by atoms with Crippen LogP contribution in [-0.4, -0.2) is 17.2 Å². The molecule has 3 aromatic rings. The highest BCUT2D eigenvalue weighted by Crippen LogP contribution is 2.55. The Kier molecular flexibility index (Phi) is 6.84. The molecule has 0 aliphatic carbocycles. The van der Waals surface area contributed by atoms with Crippen molar-refractivity contribution >= 4 is 18.9 Å². The van der Waals surface area contributed by atoms with Crippen LogP contribution in [0.25, 0.3) is 21.8 Å². The maximum Gasteiger partial charge on any atom is 0.336 e. The van der Waals surface area contributed by atoms with Gasteiger partial charge in [-0.05, 0) is 27.7 Å². The summed E-state index contributed by atoms with van der Waals surface area (Å²) in [6.07, 6.45) is -0.171. The zero-order valence-electron chi connectivity index (χ0n) is 16.7. The molecule has 148 valence electrons. The van der Waals surface area contributed by atoms with Gasteiger partial charge in [-0.15, -0.1) is 11.3 Å². The van der Waals surface area contributed by atoms with Crippen LogP contribution < -0.4 is 0 Å². The topological polar surface area (TPSA) is 48.4 Å². The van der Waals surface area contributed by atoms with Gasteiger partial charge in [0.1, 0.15) is 5.01 Å². The summed E-state index contributed by atoms with van der Waals surface area (Å²) < 4.78 is 25.0. The highest BCUT2D eigenvalue weighted by molar-refractivity contribution is 7.53. The summed E-state index contributed by atoms with van der Waals surface area (Å²) in [4.78, 5) is 5.79. The molecule has 28 heavy (non-hydrogen) atoms. The maximum atomic E-state index is 13.5. The van der Waals surface area contributed by atoms with E-state index in [0.717, 1.165) is 26.7 Å². The summed E-state index contributed by atoms with van der Waals surface area (Å²) in [6, 6.07) is 20.0. The van der Waals surface area contributed by atoms with Crippen LogP contribution in [-0.2, 0) is 19.8 Å². The molecule has 0 aliphatic heterocycles. The van der Waals surface area contributed by atoms with Gasteiger partial charge in [0, 0.05) is 16.0 Å². The molecule has 0 atom stereocenters. The lowest BCUT2D eigenvalue weighted by Crippen LogP contribution is -2.09. The molecule has 0 N–H and O–H groups in total. The molecule has 2 aromatic carbocycles. The smallest absolute Gasteiger partial charge is 0.306 e. The summed E-state index contributed by atoms with van der Waals surface area (Å²) in [5.74, 6) is 0. The molecule has 0 bridgehead atoms. The Balaban J connectivity index is 2.05. The molecule has 0 radical (unpaired) electrons. The third-order valence-corrected chi connectivity index (χ3v) is 7.35. The second-order valence-electron chi connectivity index (χ2n) is 7.10. The molecular formula is C22H26NO3PS. The highest BCUT2D eigenvalue weighted by atomic mass is 32.1. The summed E-state index contributed by atoms with van der Waals surface area (Å²) in [5, 5.41) is 0.898. The van der Waals surface area contributed by atoms with Gasteiger partial charge >= 0.3 is 7.60 Å². The average Bonchev–Trinajstić information content (AvgIpc) is 3.05. The van der Waals surface area contributed by atoms with Gasteiger partial charge in [-0.25, -0.2) is 4.98 Å². The van der Waals surface area contributed by atoms with Gasteiger partial charge in [0.15, 0.2) is 0 Å². The van der Waals surface area contributed by atoms with Crippen molar-refractivity contribution in [2.75, 3.05) is 0 Å². The SMILES string of the molecule is CC(C)OP(=O)(Cc1sc(-c2ccccc2)nc1-c1ccccc1)OC(C)C. The van der Waals surface area contributed by atoms with Gasteiger partial charge in [-0.2, -0.15) is 0 Å². The first kappa shape index (κ1) is 20.9. The van der Waals surface area contributed by atoms with E-state index in [1.165, 1.54) is 0 Å². The molecule has 1 heterocycles. The van der Waals surface area contributed by atoms with E-state index in [2.05, 4.69) is 0 Å². The van der Waals surface area contributed by atoms with Gasteiger partial charge < -0.3 is 9.05 Å². The third kappa shape index (κ3) is 5.39. The monoisotopic (exact) mass is 415 g/mol. The van der Waals surface area contributed by atoms with Crippen molar-refractivity contribution in [1.29, 1.82) is 0 Å². The Labute approximate surface area is 171 Å². The minimum atomic E-state index is -3.31. The van der Waals surface area contributed by atoms with Crippen LogP contribution in [0.5, 0.6) is 0 Å². The summed E-state index contributed by atoms with van der Waals surface area (Å²) in [5.41, 5.74) is 2.88. The number of rotatable bonds is 8. The first-order valence-corrected chi connectivity index (χ1v) is 12.0. The molecule has 0 fully saturated rings. The Morgan fingerprint density at radius 3 is 1.86 bits per heavy atom. The minimum absolute atomic E-state index is 0.189. The van der Waals surface area contributed by atoms with E-state index >= 15 is 0 Å². The molecule has 6 heteroatoms. The van der Waals surface area contributed by atoms with Crippen molar-refractivity contribution in [1.82, 2.24) is 4.98 Å². The predicted molar refractivity (Wildman–Crippen MR) is 117 cm³/mol. The van der Waals surface area contributed by atoms with Crippen LogP contribution in [0.3, 0.4) is 0 Å². The van der Waals surface area contributed by atoms with E-state index in [9.17, 15) is 4.57 Å². The van der Waals surface area contributed by atoms with Crippen LogP contribution in [0.2, 0.25) is 0 Å². The third-order valence-electron chi connectivity index (χ3n) is 3.85. The van der Waals surface area contributed by atoms with Crippen molar-refractivity contribution < 1.29 is 13.6 Å². The maximum absolute atomic E-state index is 13.5. The summed E-state index contributed by atoms with van der Waals surface area (Å²) >= 11 is 1.55. The Bertz CT molecular complexity index is 925. The fraction of sp³-hybridized carbons (Fsp3) is 0.318. The van der Waals surface area contributed by atoms with Gasteiger partial charge in [-0.1, -0.05) is 60.7 Å². The van der Waals surface area contributed by atoms with Crippen LogP contribution in [0.15, 0.2) is 60.7 Å². The molecule has 1 aromatic heterocycles. The largest absolute Gasteiger partial charge is 0.336 e. The molecule has 0 saturated carbocycles. The molecule has 3 rings (SSSR count). The van der Waals surface area contributed by atoms with E-state index in [1.54, 1.807) is 11.3 Å². The number of aromatic nitrogens is 1. The minimum Gasteiger partial charge on any atom is -0.306 e. The Morgan fingerprint density at radius 1 is 0.857 bits per heavy atom. The fourth-order valence-corrected chi connectivity index (χ4v) is 6.50. The second-order valence-corrected chi connectivity index (χ2v) is 10.1. The second kappa shape index (κ2) is 9.15. The lowest BCUT2D eigenvalue weighted by atomic mass is 10.1. The first-order chi connectivity index (χ1) is 13.4. The van der Waals surface area contributed by atoms with E-state index < -0.39 is 7.60 Å². The fourth-order valence-electron chi connectivity index (χ4n) is 2.90. The molecule has 0 unspecified atom stereocenters. The molecule has 0 spiro atoms. The van der Waals surface area contributed by atoms with Gasteiger partial charge in [0.05, 0.1) is 24.1 Å². The number of hydrogen-bond donors (Lipinski definition) is 0. The van der Waals surface area contributed by atoms with Crippen LogP contribution in [0, 0.1) is 0 Å². The average molecular weight is 415 g/mol. The van der Waals surface area contributed by atoms with E-state index in [-0.39, 0.29) is 18.4 Å². The van der Waals surface area contributed by atoms with Crippen molar-refractivity contribution in [3.8, 4) is 21.8 Å². The zero-order chi connectivity index (χ0) is 20.1. The van der Waals surface area contributed by atoms with Crippen molar-refractivity contribution in [3.05, 3.63) is 65.5 Å². The molecular weight excluding hydrogens is 389 g/mol. The molecule has 0 saturated heterocycles. The Hall–Kier alpha value is -1.78. The number of hydrogen-bond acceptors (Lipinski definition) is 5. The normalized spacial score (nSPS) is 12.1. The van der Waals surface area contributed by atoms with Crippen molar-refractivity contribution in [2.45, 2.75) is 46.1 Å². The number of nitrogens with zero attached hydrogens (tertiary/aromatic N) is 1. The molecule has 4 nitrogen and oxygen atoms in total. The highest BCUT2D eigenvalue weighted by Gasteiger charge is 2.31. The molecule has 0 aliphatic rings. The van der Waals surface area contributed by atoms with Crippen molar-refractivity contribution in [3.63, 3.8) is 0 Å². The number of thiazole rings is 1. The van der Waals surface area contributed by atoms with E-state index in [1.807, 2.05) is 88.4 Å². The van der Waals surface area contributed by atoms with Gasteiger partial charge in [0.25, 0.3) is 0 Å². The zero-order valence-corrected chi connectivity index (χ0v) is 18.4. The summed E-state index contributed by atoms with van der Waals surface area (Å²) in [7, 11) is -3.31. The van der Waals surface area contributed by atoms with E-state index in [0.29, 0.717) is 0 Å². The predicted octanol–water partition coefficient (Wildman–Crippen LogP) is 7.02. The molecule has 0 amide bonds. The first-order valence-electron chi connectivity index (χ1n) is 9.43. The standard InChI is InChI=1S/C22H26NO3PS/c1-16(2)25-27(24,26-17(3)4)15-20-21(18-11-7-5-8-12-18)23-22(28-20)19-13-9-6-10-14-19/h5-14,16-17H,15H2,1-4H3. The summed E-state index contributed by atoms with van der Waals surface area (Å²) in [6.45, 7) is 7.49. The van der Waals surface area contributed by atoms with E-state index in [4.69, 9.17) is 14.0 Å². The van der Waals surface area contributed by atoms with Gasteiger partial charge in [0.2, 0.25) is 0 Å². The Morgan fingerprint density at radius 2 is 1.36 bits per heavy atom.